The van der Waals surface area contributed by atoms with Crippen molar-refractivity contribution in [2.75, 3.05) is 39.9 Å². The number of carbonyl (C=O) groups is 2. The van der Waals surface area contributed by atoms with Gasteiger partial charge < -0.3 is 19.3 Å². The molecule has 0 saturated carbocycles. The summed E-state index contributed by atoms with van der Waals surface area (Å²) >= 11 is 6.12. The monoisotopic (exact) mass is 456 g/mol. The van der Waals surface area contributed by atoms with Gasteiger partial charge >= 0.3 is 0 Å². The van der Waals surface area contributed by atoms with Crippen LogP contribution in [0, 0.1) is 5.41 Å². The molecule has 7 heteroatoms. The van der Waals surface area contributed by atoms with Gasteiger partial charge in [-0.2, -0.15) is 0 Å². The first-order valence-electron chi connectivity index (χ1n) is 11.1. The Balaban J connectivity index is 1.37. The quantitative estimate of drug-likeness (QED) is 0.664. The van der Waals surface area contributed by atoms with Crippen LogP contribution in [0.5, 0.6) is 11.5 Å². The summed E-state index contributed by atoms with van der Waals surface area (Å²) in [6.45, 7) is 5.36. The molecule has 0 bridgehead atoms. The Kier molecular flexibility index (Phi) is 6.60. The Morgan fingerprint density at radius 3 is 2.25 bits per heavy atom. The van der Waals surface area contributed by atoms with E-state index in [0.717, 1.165) is 25.0 Å². The van der Waals surface area contributed by atoms with Crippen LogP contribution in [-0.2, 0) is 0 Å². The second-order valence-corrected chi connectivity index (χ2v) is 9.01. The lowest BCUT2D eigenvalue weighted by atomic mass is 9.77. The average Bonchev–Trinajstić information content (AvgIpc) is 3.23. The molecule has 1 spiro atoms. The highest BCUT2D eigenvalue weighted by atomic mass is 35.5. The Morgan fingerprint density at radius 2 is 1.62 bits per heavy atom. The Morgan fingerprint density at radius 1 is 0.969 bits per heavy atom. The van der Waals surface area contributed by atoms with Crippen LogP contribution in [-0.4, -0.2) is 61.5 Å². The molecule has 2 aliphatic heterocycles. The zero-order valence-electron chi connectivity index (χ0n) is 18.6. The molecule has 2 aliphatic rings. The third-order valence-corrected chi connectivity index (χ3v) is 6.88. The van der Waals surface area contributed by atoms with Gasteiger partial charge in [0.25, 0.3) is 11.8 Å². The van der Waals surface area contributed by atoms with Gasteiger partial charge in [0, 0.05) is 36.8 Å². The topological polar surface area (TPSA) is 59.1 Å². The van der Waals surface area contributed by atoms with Crippen molar-refractivity contribution in [2.45, 2.75) is 26.2 Å². The summed E-state index contributed by atoms with van der Waals surface area (Å²) < 4.78 is 10.8. The maximum Gasteiger partial charge on any atom is 0.257 e. The van der Waals surface area contributed by atoms with Crippen molar-refractivity contribution in [3.8, 4) is 11.5 Å². The Labute approximate surface area is 194 Å². The SMILES string of the molecule is CCOc1ccc(C(=O)N2CCC3(CC2)CCN(C(=O)c2cc(Cl)ccc2OC)C3)cc1. The van der Waals surface area contributed by atoms with E-state index < -0.39 is 0 Å². The van der Waals surface area contributed by atoms with Gasteiger partial charge in [0.05, 0.1) is 19.3 Å². The molecule has 2 saturated heterocycles. The van der Waals surface area contributed by atoms with Crippen molar-refractivity contribution in [2.24, 2.45) is 5.41 Å². The van der Waals surface area contributed by atoms with E-state index in [1.54, 1.807) is 25.3 Å². The molecule has 0 unspecified atom stereocenters. The minimum Gasteiger partial charge on any atom is -0.496 e. The zero-order valence-corrected chi connectivity index (χ0v) is 19.4. The van der Waals surface area contributed by atoms with Crippen LogP contribution in [0.15, 0.2) is 42.5 Å². The molecule has 6 nitrogen and oxygen atoms in total. The second kappa shape index (κ2) is 9.41. The number of nitrogens with zero attached hydrogens (tertiary/aromatic N) is 2. The predicted octanol–water partition coefficient (Wildman–Crippen LogP) is 4.52. The number of halogens is 1. The summed E-state index contributed by atoms with van der Waals surface area (Å²) in [4.78, 5) is 29.9. The minimum absolute atomic E-state index is 0.0471. The molecule has 2 fully saturated rings. The number of rotatable bonds is 5. The number of carbonyl (C=O) groups excluding carboxylic acids is 2. The maximum absolute atomic E-state index is 13.1. The third-order valence-electron chi connectivity index (χ3n) is 6.64. The Hall–Kier alpha value is -2.73. The smallest absolute Gasteiger partial charge is 0.257 e. The van der Waals surface area contributed by atoms with Gasteiger partial charge in [-0.05, 0) is 74.1 Å². The lowest BCUT2D eigenvalue weighted by molar-refractivity contribution is 0.0565. The number of benzene rings is 2. The highest BCUT2D eigenvalue weighted by Gasteiger charge is 2.43. The first kappa shape index (κ1) is 22.5. The second-order valence-electron chi connectivity index (χ2n) is 8.57. The van der Waals surface area contributed by atoms with Crippen LogP contribution in [0.25, 0.3) is 0 Å². The highest BCUT2D eigenvalue weighted by molar-refractivity contribution is 6.31. The van der Waals surface area contributed by atoms with E-state index in [1.807, 2.05) is 41.0 Å². The first-order valence-corrected chi connectivity index (χ1v) is 11.5. The molecular weight excluding hydrogens is 428 g/mol. The fourth-order valence-electron chi connectivity index (χ4n) is 4.76. The van der Waals surface area contributed by atoms with E-state index in [4.69, 9.17) is 21.1 Å². The number of hydrogen-bond donors (Lipinski definition) is 0. The van der Waals surface area contributed by atoms with Crippen LogP contribution in [0.1, 0.15) is 46.9 Å². The van der Waals surface area contributed by atoms with Gasteiger partial charge in [-0.15, -0.1) is 0 Å². The normalized spacial score (nSPS) is 17.5. The lowest BCUT2D eigenvalue weighted by Crippen LogP contribution is -2.44. The first-order chi connectivity index (χ1) is 15.4. The van der Waals surface area contributed by atoms with Gasteiger partial charge in [-0.25, -0.2) is 0 Å². The van der Waals surface area contributed by atoms with Crippen LogP contribution in [0.2, 0.25) is 5.02 Å². The predicted molar refractivity (Wildman–Crippen MR) is 124 cm³/mol. The van der Waals surface area contributed by atoms with Crippen LogP contribution in [0.4, 0.5) is 0 Å². The summed E-state index contributed by atoms with van der Waals surface area (Å²) in [5, 5.41) is 0.518. The molecule has 0 N–H and O–H groups in total. The summed E-state index contributed by atoms with van der Waals surface area (Å²) in [6, 6.07) is 12.5. The standard InChI is InChI=1S/C25H29ClN2O4/c1-3-32-20-7-4-18(5-8-20)23(29)27-13-10-25(11-14-27)12-15-28(17-25)24(30)21-16-19(26)6-9-22(21)31-2/h4-9,16H,3,10-15,17H2,1-2H3. The summed E-state index contributed by atoms with van der Waals surface area (Å²) in [7, 11) is 1.56. The average molecular weight is 457 g/mol. The third kappa shape index (κ3) is 4.56. The van der Waals surface area contributed by atoms with Gasteiger partial charge in [-0.1, -0.05) is 11.6 Å². The van der Waals surface area contributed by atoms with E-state index in [9.17, 15) is 9.59 Å². The molecule has 4 rings (SSSR count). The van der Waals surface area contributed by atoms with Crippen molar-refractivity contribution < 1.29 is 19.1 Å². The summed E-state index contributed by atoms with van der Waals surface area (Å²) in [6.07, 6.45) is 2.74. The summed E-state index contributed by atoms with van der Waals surface area (Å²) in [5.74, 6) is 1.32. The molecule has 2 aromatic rings. The molecule has 0 atom stereocenters. The number of ether oxygens (including phenoxy) is 2. The van der Waals surface area contributed by atoms with Gasteiger partial charge in [0.2, 0.25) is 0 Å². The zero-order chi connectivity index (χ0) is 22.7. The summed E-state index contributed by atoms with van der Waals surface area (Å²) in [5.41, 5.74) is 1.25. The molecule has 2 heterocycles. The molecule has 2 amide bonds. The van der Waals surface area contributed by atoms with E-state index in [0.29, 0.717) is 54.7 Å². The number of amides is 2. The number of piperidine rings is 1. The van der Waals surface area contributed by atoms with E-state index in [1.165, 1.54) is 0 Å². The van der Waals surface area contributed by atoms with Gasteiger partial charge in [0.1, 0.15) is 11.5 Å². The van der Waals surface area contributed by atoms with Gasteiger partial charge in [-0.3, -0.25) is 9.59 Å². The molecule has 0 aliphatic carbocycles. The number of likely N-dealkylation sites (tertiary alicyclic amines) is 2. The fourth-order valence-corrected chi connectivity index (χ4v) is 4.93. The van der Waals surface area contributed by atoms with Crippen LogP contribution >= 0.6 is 11.6 Å². The van der Waals surface area contributed by atoms with Crippen molar-refractivity contribution in [3.05, 3.63) is 58.6 Å². The highest BCUT2D eigenvalue weighted by Crippen LogP contribution is 2.41. The lowest BCUT2D eigenvalue weighted by Gasteiger charge is -2.39. The Bertz CT molecular complexity index is 984. The molecule has 0 radical (unpaired) electrons. The molecule has 170 valence electrons. The molecule has 32 heavy (non-hydrogen) atoms. The largest absolute Gasteiger partial charge is 0.496 e. The van der Waals surface area contributed by atoms with Crippen molar-refractivity contribution in [1.82, 2.24) is 9.80 Å². The maximum atomic E-state index is 13.1. The number of hydrogen-bond acceptors (Lipinski definition) is 4. The number of methoxy groups -OCH3 is 1. The molecule has 2 aromatic carbocycles. The van der Waals surface area contributed by atoms with Crippen molar-refractivity contribution in [1.29, 1.82) is 0 Å². The van der Waals surface area contributed by atoms with Crippen LogP contribution in [0.3, 0.4) is 0 Å². The molecular formula is C25H29ClN2O4. The van der Waals surface area contributed by atoms with E-state index in [2.05, 4.69) is 0 Å². The molecule has 0 aromatic heterocycles. The minimum atomic E-state index is -0.0471. The van der Waals surface area contributed by atoms with E-state index >= 15 is 0 Å². The fraction of sp³-hybridized carbons (Fsp3) is 0.440. The van der Waals surface area contributed by atoms with Crippen molar-refractivity contribution in [3.63, 3.8) is 0 Å². The van der Waals surface area contributed by atoms with Crippen molar-refractivity contribution >= 4 is 23.4 Å². The van der Waals surface area contributed by atoms with Gasteiger partial charge in [0.15, 0.2) is 0 Å². The van der Waals surface area contributed by atoms with Crippen LogP contribution < -0.4 is 9.47 Å². The van der Waals surface area contributed by atoms with E-state index in [-0.39, 0.29) is 17.2 Å².